The van der Waals surface area contributed by atoms with Gasteiger partial charge in [-0.15, -0.1) is 0 Å². The molecule has 0 aliphatic heterocycles. The summed E-state index contributed by atoms with van der Waals surface area (Å²) in [6.07, 6.45) is 6.78. The molecule has 1 aromatic rings. The number of aryl methyl sites for hydroxylation is 1. The zero-order valence-electron chi connectivity index (χ0n) is 12.2. The molecule has 0 radical (unpaired) electrons. The molecule has 2 heteroatoms. The fourth-order valence-corrected chi connectivity index (χ4v) is 5.54. The van der Waals surface area contributed by atoms with Gasteiger partial charge in [-0.3, -0.25) is 0 Å². The monoisotopic (exact) mass is 272 g/mol. The number of rotatable bonds is 0. The molecule has 20 heavy (non-hydrogen) atoms. The molecule has 4 rings (SSSR count). The molecule has 2 fully saturated rings. The van der Waals surface area contributed by atoms with E-state index in [4.69, 9.17) is 0 Å². The maximum absolute atomic E-state index is 10.4. The van der Waals surface area contributed by atoms with Crippen LogP contribution in [0.4, 0.5) is 0 Å². The summed E-state index contributed by atoms with van der Waals surface area (Å²) < 4.78 is 0. The van der Waals surface area contributed by atoms with Gasteiger partial charge in [0.15, 0.2) is 0 Å². The van der Waals surface area contributed by atoms with Gasteiger partial charge in [0, 0.05) is 0 Å². The second-order valence-corrected chi connectivity index (χ2v) is 7.44. The first kappa shape index (κ1) is 12.7. The molecule has 5 atom stereocenters. The van der Waals surface area contributed by atoms with Crippen molar-refractivity contribution in [3.8, 4) is 5.75 Å². The Hall–Kier alpha value is -1.02. The summed E-state index contributed by atoms with van der Waals surface area (Å²) in [5.74, 6) is 2.49. The predicted octanol–water partition coefficient (Wildman–Crippen LogP) is 3.61. The fraction of sp³-hybridized carbons (Fsp3) is 0.667. The Morgan fingerprint density at radius 2 is 2.00 bits per heavy atom. The van der Waals surface area contributed by atoms with Gasteiger partial charge in [0.2, 0.25) is 0 Å². The van der Waals surface area contributed by atoms with Crippen LogP contribution in [0.25, 0.3) is 0 Å². The van der Waals surface area contributed by atoms with Crippen LogP contribution in [0, 0.1) is 17.3 Å². The third kappa shape index (κ3) is 1.60. The summed E-state index contributed by atoms with van der Waals surface area (Å²) in [7, 11) is 0. The molecule has 0 spiro atoms. The normalized spacial score (nSPS) is 42.7. The Balaban J connectivity index is 1.71. The van der Waals surface area contributed by atoms with Crippen molar-refractivity contribution < 1.29 is 10.2 Å². The van der Waals surface area contributed by atoms with Crippen LogP contribution in [0.15, 0.2) is 18.2 Å². The number of fused-ring (bicyclic) bond motifs is 5. The smallest absolute Gasteiger partial charge is 0.115 e. The average molecular weight is 272 g/mol. The van der Waals surface area contributed by atoms with Crippen molar-refractivity contribution in [2.45, 2.75) is 57.5 Å². The molecule has 1 aromatic carbocycles. The first-order chi connectivity index (χ1) is 9.59. The Morgan fingerprint density at radius 3 is 2.85 bits per heavy atom. The molecule has 2 saturated carbocycles. The van der Waals surface area contributed by atoms with Gasteiger partial charge in [-0.05, 0) is 85.0 Å². The zero-order chi connectivity index (χ0) is 13.9. The number of phenols is 1. The van der Waals surface area contributed by atoms with Gasteiger partial charge in [0.25, 0.3) is 0 Å². The van der Waals surface area contributed by atoms with E-state index in [0.717, 1.165) is 25.2 Å². The van der Waals surface area contributed by atoms with Gasteiger partial charge < -0.3 is 10.2 Å². The van der Waals surface area contributed by atoms with Crippen LogP contribution in [0.3, 0.4) is 0 Å². The van der Waals surface area contributed by atoms with Crippen molar-refractivity contribution >= 4 is 0 Å². The number of aromatic hydroxyl groups is 1. The van der Waals surface area contributed by atoms with Crippen molar-refractivity contribution in [3.05, 3.63) is 29.3 Å². The van der Waals surface area contributed by atoms with E-state index in [0.29, 0.717) is 17.6 Å². The van der Waals surface area contributed by atoms with E-state index in [1.807, 2.05) is 12.1 Å². The van der Waals surface area contributed by atoms with Crippen molar-refractivity contribution in [2.75, 3.05) is 0 Å². The summed E-state index contributed by atoms with van der Waals surface area (Å²) >= 11 is 0. The highest BCUT2D eigenvalue weighted by molar-refractivity contribution is 5.40. The minimum atomic E-state index is -0.0883. The Bertz CT molecular complexity index is 538. The third-order valence-electron chi connectivity index (χ3n) is 6.66. The summed E-state index contributed by atoms with van der Waals surface area (Å²) in [4.78, 5) is 0. The molecule has 2 nitrogen and oxygen atoms in total. The van der Waals surface area contributed by atoms with E-state index >= 15 is 0 Å². The lowest BCUT2D eigenvalue weighted by atomic mass is 9.55. The van der Waals surface area contributed by atoms with E-state index in [9.17, 15) is 10.2 Å². The average Bonchev–Trinajstić information content (AvgIpc) is 2.74. The van der Waals surface area contributed by atoms with Crippen LogP contribution >= 0.6 is 0 Å². The standard InChI is InChI=1S/C18H24O2/c1-18-9-8-14-13-5-3-12(19)10-11(13)2-4-15(14)16(18)6-7-17(18)20/h3,5,10,14-17,19-20H,2,4,6-9H2,1H3/t14?,15?,16-,17?,18-/m0/s1. The largest absolute Gasteiger partial charge is 0.508 e. The van der Waals surface area contributed by atoms with Crippen molar-refractivity contribution in [1.82, 2.24) is 0 Å². The number of hydrogen-bond acceptors (Lipinski definition) is 2. The summed E-state index contributed by atoms with van der Waals surface area (Å²) in [6, 6.07) is 5.96. The molecule has 3 aliphatic rings. The van der Waals surface area contributed by atoms with Gasteiger partial charge in [-0.25, -0.2) is 0 Å². The molecule has 108 valence electrons. The molecule has 3 aliphatic carbocycles. The van der Waals surface area contributed by atoms with Crippen LogP contribution in [-0.4, -0.2) is 16.3 Å². The number of benzene rings is 1. The lowest BCUT2D eigenvalue weighted by molar-refractivity contribution is -0.0226. The Labute approximate surface area is 120 Å². The van der Waals surface area contributed by atoms with Gasteiger partial charge >= 0.3 is 0 Å². The minimum absolute atomic E-state index is 0.0883. The van der Waals surface area contributed by atoms with Crippen molar-refractivity contribution in [2.24, 2.45) is 17.3 Å². The molecular weight excluding hydrogens is 248 g/mol. The highest BCUT2D eigenvalue weighted by atomic mass is 16.3. The summed E-state index contributed by atoms with van der Waals surface area (Å²) in [6.45, 7) is 2.32. The van der Waals surface area contributed by atoms with Gasteiger partial charge in [0.05, 0.1) is 6.10 Å². The molecule has 0 saturated heterocycles. The SMILES string of the molecule is C[C@]12CCC3c4ccc(O)cc4CCC3[C@@H]1CCC2O. The first-order valence-corrected chi connectivity index (χ1v) is 8.09. The topological polar surface area (TPSA) is 40.5 Å². The van der Waals surface area contributed by atoms with E-state index in [-0.39, 0.29) is 11.5 Å². The van der Waals surface area contributed by atoms with E-state index < -0.39 is 0 Å². The van der Waals surface area contributed by atoms with Crippen molar-refractivity contribution in [1.29, 1.82) is 0 Å². The molecule has 0 bridgehead atoms. The molecule has 0 heterocycles. The quantitative estimate of drug-likeness (QED) is 0.757. The van der Waals surface area contributed by atoms with Crippen LogP contribution in [0.2, 0.25) is 0 Å². The Morgan fingerprint density at radius 1 is 1.15 bits per heavy atom. The van der Waals surface area contributed by atoms with Crippen LogP contribution in [0.5, 0.6) is 5.75 Å². The molecule has 0 amide bonds. The maximum Gasteiger partial charge on any atom is 0.115 e. The van der Waals surface area contributed by atoms with Gasteiger partial charge in [-0.1, -0.05) is 13.0 Å². The van der Waals surface area contributed by atoms with E-state index in [1.165, 1.54) is 30.4 Å². The second kappa shape index (κ2) is 4.24. The van der Waals surface area contributed by atoms with Crippen molar-refractivity contribution in [3.63, 3.8) is 0 Å². The number of aliphatic hydroxyl groups is 1. The zero-order valence-corrected chi connectivity index (χ0v) is 12.2. The van der Waals surface area contributed by atoms with Gasteiger partial charge in [-0.2, -0.15) is 0 Å². The Kier molecular flexibility index (Phi) is 2.69. The molecule has 2 N–H and O–H groups in total. The molecule has 3 unspecified atom stereocenters. The fourth-order valence-electron chi connectivity index (χ4n) is 5.54. The molecule has 0 aromatic heterocycles. The second-order valence-electron chi connectivity index (χ2n) is 7.44. The number of phenolic OH excluding ortho intramolecular Hbond substituents is 1. The number of hydrogen-bond donors (Lipinski definition) is 2. The highest BCUT2D eigenvalue weighted by Gasteiger charge is 2.54. The predicted molar refractivity (Wildman–Crippen MR) is 78.7 cm³/mol. The van der Waals surface area contributed by atoms with E-state index in [2.05, 4.69) is 13.0 Å². The van der Waals surface area contributed by atoms with Gasteiger partial charge in [0.1, 0.15) is 5.75 Å². The minimum Gasteiger partial charge on any atom is -0.508 e. The third-order valence-corrected chi connectivity index (χ3v) is 6.66. The van der Waals surface area contributed by atoms with Crippen LogP contribution < -0.4 is 0 Å². The highest BCUT2D eigenvalue weighted by Crippen LogP contribution is 2.60. The summed E-state index contributed by atoms with van der Waals surface area (Å²) in [5, 5.41) is 20.0. The number of aliphatic hydroxyl groups excluding tert-OH is 1. The first-order valence-electron chi connectivity index (χ1n) is 8.09. The van der Waals surface area contributed by atoms with Crippen LogP contribution in [0.1, 0.15) is 56.1 Å². The maximum atomic E-state index is 10.4. The molecular formula is C18H24O2. The lowest BCUT2D eigenvalue weighted by Gasteiger charge is -2.50. The van der Waals surface area contributed by atoms with E-state index in [1.54, 1.807) is 0 Å². The van der Waals surface area contributed by atoms with Crippen LogP contribution in [-0.2, 0) is 6.42 Å². The summed E-state index contributed by atoms with van der Waals surface area (Å²) in [5.41, 5.74) is 2.99. The lowest BCUT2D eigenvalue weighted by Crippen LogP contribution is -2.43.